The predicted molar refractivity (Wildman–Crippen MR) is 132 cm³/mol. The summed E-state index contributed by atoms with van der Waals surface area (Å²) in [5, 5.41) is 19.0. The summed E-state index contributed by atoms with van der Waals surface area (Å²) in [6, 6.07) is 10.1. The van der Waals surface area contributed by atoms with Crippen LogP contribution in [0, 0.1) is 6.92 Å². The number of alkyl halides is 2. The Bertz CT molecular complexity index is 1610. The van der Waals surface area contributed by atoms with E-state index in [1.165, 1.54) is 41.2 Å². The number of rotatable bonds is 8. The molecule has 39 heavy (non-hydrogen) atoms. The van der Waals surface area contributed by atoms with E-state index in [9.17, 15) is 28.3 Å². The Morgan fingerprint density at radius 1 is 1.18 bits per heavy atom. The minimum absolute atomic E-state index is 0.00308. The van der Waals surface area contributed by atoms with Gasteiger partial charge in [-0.3, -0.25) is 9.59 Å². The lowest BCUT2D eigenvalue weighted by molar-refractivity contribution is -0.0499. The van der Waals surface area contributed by atoms with E-state index in [2.05, 4.69) is 30.4 Å². The maximum absolute atomic E-state index is 13.3. The van der Waals surface area contributed by atoms with E-state index in [1.807, 2.05) is 0 Å². The van der Waals surface area contributed by atoms with Crippen molar-refractivity contribution in [2.75, 3.05) is 0 Å². The standard InChI is InChI=1S/C26H22F2N6O5/c1-13-16-7-8-19(18(16)6-5-17(13)24(37)38)32-23(36)21-10-20(33-26-30-12-31-34(21)26)22(35)29-11-14-3-2-4-15(9-14)39-25(27)28/h2-6,9-10,12,19,25H,7-8,11H2,1H3,(H,29,35)(H,32,36)(H,37,38)/t19-/m0/s1. The first kappa shape index (κ1) is 25.7. The molecule has 0 radical (unpaired) electrons. The fourth-order valence-electron chi connectivity index (χ4n) is 4.69. The molecule has 4 aromatic rings. The highest BCUT2D eigenvalue weighted by atomic mass is 19.3. The summed E-state index contributed by atoms with van der Waals surface area (Å²) in [5.41, 5.74) is 3.09. The van der Waals surface area contributed by atoms with Crippen LogP contribution >= 0.6 is 0 Å². The molecule has 0 fully saturated rings. The van der Waals surface area contributed by atoms with Crippen LogP contribution in [-0.4, -0.2) is 49.1 Å². The number of carbonyl (C=O) groups is 3. The maximum Gasteiger partial charge on any atom is 0.387 e. The number of nitrogens with one attached hydrogen (secondary N) is 2. The fraction of sp³-hybridized carbons (Fsp3) is 0.231. The number of aromatic carboxylic acids is 1. The molecule has 0 saturated carbocycles. The van der Waals surface area contributed by atoms with Crippen molar-refractivity contribution in [1.82, 2.24) is 30.2 Å². The third kappa shape index (κ3) is 5.23. The number of hydrogen-bond donors (Lipinski definition) is 3. The zero-order chi connectivity index (χ0) is 27.7. The van der Waals surface area contributed by atoms with Crippen LogP contribution in [0.4, 0.5) is 8.78 Å². The molecule has 1 aliphatic carbocycles. The zero-order valence-corrected chi connectivity index (χ0v) is 20.5. The third-order valence-electron chi connectivity index (χ3n) is 6.52. The second-order valence-electron chi connectivity index (χ2n) is 8.88. The summed E-state index contributed by atoms with van der Waals surface area (Å²) in [6.45, 7) is -1.22. The topological polar surface area (TPSA) is 148 Å². The van der Waals surface area contributed by atoms with Gasteiger partial charge >= 0.3 is 12.6 Å². The van der Waals surface area contributed by atoms with Gasteiger partial charge in [-0.2, -0.15) is 23.4 Å². The number of carboxylic acid groups (broad SMARTS) is 1. The smallest absolute Gasteiger partial charge is 0.387 e. The quantitative estimate of drug-likeness (QED) is 0.311. The lowest BCUT2D eigenvalue weighted by Crippen LogP contribution is -2.30. The van der Waals surface area contributed by atoms with Gasteiger partial charge in [0.25, 0.3) is 17.6 Å². The van der Waals surface area contributed by atoms with Gasteiger partial charge in [0, 0.05) is 12.6 Å². The van der Waals surface area contributed by atoms with Gasteiger partial charge < -0.3 is 20.5 Å². The van der Waals surface area contributed by atoms with E-state index in [4.69, 9.17) is 0 Å². The summed E-state index contributed by atoms with van der Waals surface area (Å²) in [6.07, 6.45) is 2.40. The number of ether oxygens (including phenoxy) is 1. The van der Waals surface area contributed by atoms with Crippen molar-refractivity contribution in [3.63, 3.8) is 0 Å². The molecule has 2 heterocycles. The van der Waals surface area contributed by atoms with Crippen molar-refractivity contribution < 1.29 is 33.0 Å². The molecule has 5 rings (SSSR count). The molecule has 0 bridgehead atoms. The molecule has 1 atom stereocenters. The summed E-state index contributed by atoms with van der Waals surface area (Å²) in [7, 11) is 0. The molecule has 1 aliphatic rings. The number of halogens is 2. The largest absolute Gasteiger partial charge is 0.478 e. The van der Waals surface area contributed by atoms with Crippen molar-refractivity contribution in [2.24, 2.45) is 0 Å². The van der Waals surface area contributed by atoms with Gasteiger partial charge in [0.2, 0.25) is 0 Å². The minimum atomic E-state index is -2.97. The minimum Gasteiger partial charge on any atom is -0.478 e. The molecule has 2 aromatic heterocycles. The Kier molecular flexibility index (Phi) is 6.88. The molecular formula is C26H22F2N6O5. The zero-order valence-electron chi connectivity index (χ0n) is 20.5. The molecule has 0 spiro atoms. The number of fused-ring (bicyclic) bond motifs is 2. The van der Waals surface area contributed by atoms with E-state index >= 15 is 0 Å². The average Bonchev–Trinajstić information content (AvgIpc) is 3.54. The predicted octanol–water partition coefficient (Wildman–Crippen LogP) is 3.08. The van der Waals surface area contributed by atoms with Gasteiger partial charge in [0.05, 0.1) is 11.6 Å². The van der Waals surface area contributed by atoms with E-state index in [1.54, 1.807) is 19.1 Å². The van der Waals surface area contributed by atoms with E-state index in [0.29, 0.717) is 24.0 Å². The number of hydrogen-bond acceptors (Lipinski definition) is 7. The number of nitrogens with zero attached hydrogens (tertiary/aromatic N) is 4. The van der Waals surface area contributed by atoms with Crippen molar-refractivity contribution in [1.29, 1.82) is 0 Å². The highest BCUT2D eigenvalue weighted by Gasteiger charge is 2.29. The van der Waals surface area contributed by atoms with E-state index in [-0.39, 0.29) is 41.1 Å². The molecule has 0 saturated heterocycles. The van der Waals surface area contributed by atoms with Crippen LogP contribution in [0.25, 0.3) is 5.78 Å². The van der Waals surface area contributed by atoms with E-state index < -0.39 is 24.4 Å². The summed E-state index contributed by atoms with van der Waals surface area (Å²) in [4.78, 5) is 45.9. The van der Waals surface area contributed by atoms with Crippen LogP contribution in [0.15, 0.2) is 48.8 Å². The lowest BCUT2D eigenvalue weighted by atomic mass is 9.98. The SMILES string of the molecule is Cc1c(C(=O)O)ccc2c1CC[C@@H]2NC(=O)c1cc(C(=O)NCc2cccc(OC(F)F)c2)nc2ncnn12. The van der Waals surface area contributed by atoms with Gasteiger partial charge in [-0.15, -0.1) is 0 Å². The van der Waals surface area contributed by atoms with Gasteiger partial charge in [0.1, 0.15) is 23.5 Å². The van der Waals surface area contributed by atoms with Crippen LogP contribution in [0.1, 0.15) is 66.1 Å². The van der Waals surface area contributed by atoms with Crippen LogP contribution < -0.4 is 15.4 Å². The van der Waals surface area contributed by atoms with Crippen molar-refractivity contribution in [3.8, 4) is 5.75 Å². The second-order valence-corrected chi connectivity index (χ2v) is 8.88. The number of amides is 2. The molecule has 13 heteroatoms. The third-order valence-corrected chi connectivity index (χ3v) is 6.52. The molecule has 11 nitrogen and oxygen atoms in total. The Balaban J connectivity index is 1.35. The monoisotopic (exact) mass is 536 g/mol. The Hall–Kier alpha value is -4.94. The lowest BCUT2D eigenvalue weighted by Gasteiger charge is -2.16. The summed E-state index contributed by atoms with van der Waals surface area (Å²) < 4.78 is 30.6. The second kappa shape index (κ2) is 10.4. The first-order valence-corrected chi connectivity index (χ1v) is 11.9. The number of carbonyl (C=O) groups excluding carboxylic acids is 2. The van der Waals surface area contributed by atoms with Gasteiger partial charge in [-0.05, 0) is 60.2 Å². The average molecular weight is 536 g/mol. The van der Waals surface area contributed by atoms with Gasteiger partial charge in [0.15, 0.2) is 0 Å². The Labute approximate surface area is 219 Å². The highest BCUT2D eigenvalue weighted by Crippen LogP contribution is 2.35. The summed E-state index contributed by atoms with van der Waals surface area (Å²) >= 11 is 0. The number of carboxylic acids is 1. The van der Waals surface area contributed by atoms with E-state index in [0.717, 1.165) is 11.1 Å². The van der Waals surface area contributed by atoms with Crippen molar-refractivity contribution >= 4 is 23.6 Å². The van der Waals surface area contributed by atoms with Crippen LogP contribution in [0.3, 0.4) is 0 Å². The van der Waals surface area contributed by atoms with Crippen LogP contribution in [0.2, 0.25) is 0 Å². The molecule has 200 valence electrons. The maximum atomic E-state index is 13.3. The van der Waals surface area contributed by atoms with Crippen LogP contribution in [0.5, 0.6) is 5.75 Å². The summed E-state index contributed by atoms with van der Waals surface area (Å²) in [5.74, 6) is -2.14. The molecule has 3 N–H and O–H groups in total. The molecule has 2 amide bonds. The Morgan fingerprint density at radius 3 is 2.77 bits per heavy atom. The molecule has 2 aromatic carbocycles. The van der Waals surface area contributed by atoms with Crippen molar-refractivity contribution in [2.45, 2.75) is 39.0 Å². The van der Waals surface area contributed by atoms with Gasteiger partial charge in [-0.25, -0.2) is 9.78 Å². The number of benzene rings is 2. The first-order valence-electron chi connectivity index (χ1n) is 11.9. The highest BCUT2D eigenvalue weighted by molar-refractivity contribution is 5.98. The number of aromatic nitrogens is 4. The van der Waals surface area contributed by atoms with Crippen LogP contribution in [-0.2, 0) is 13.0 Å². The fourth-order valence-corrected chi connectivity index (χ4v) is 4.69. The van der Waals surface area contributed by atoms with Crippen molar-refractivity contribution in [3.05, 3.63) is 88.0 Å². The Morgan fingerprint density at radius 2 is 2.00 bits per heavy atom. The molecule has 0 unspecified atom stereocenters. The van der Waals surface area contributed by atoms with Gasteiger partial charge in [-0.1, -0.05) is 18.2 Å². The first-order chi connectivity index (χ1) is 18.7. The normalized spacial score (nSPS) is 14.3. The molecular weight excluding hydrogens is 514 g/mol. The molecule has 0 aliphatic heterocycles.